The van der Waals surface area contributed by atoms with Crippen LogP contribution < -0.4 is 10.8 Å². The summed E-state index contributed by atoms with van der Waals surface area (Å²) in [5.41, 5.74) is 4.55. The second kappa shape index (κ2) is 7.31. The molecule has 0 bridgehead atoms. The summed E-state index contributed by atoms with van der Waals surface area (Å²) < 4.78 is 0. The van der Waals surface area contributed by atoms with Gasteiger partial charge < -0.3 is 10.2 Å². The Kier molecular flexibility index (Phi) is 4.71. The lowest BCUT2D eigenvalue weighted by Crippen LogP contribution is -2.38. The van der Waals surface area contributed by atoms with Crippen LogP contribution >= 0.6 is 11.6 Å². The van der Waals surface area contributed by atoms with Crippen molar-refractivity contribution >= 4 is 23.3 Å². The highest BCUT2D eigenvalue weighted by molar-refractivity contribution is 6.30. The third-order valence-electron chi connectivity index (χ3n) is 4.42. The van der Waals surface area contributed by atoms with E-state index in [0.29, 0.717) is 35.9 Å². The number of halogens is 1. The number of rotatable bonds is 1. The molecule has 1 aromatic carbocycles. The summed E-state index contributed by atoms with van der Waals surface area (Å²) in [7, 11) is 0. The number of amides is 2. The first-order chi connectivity index (χ1) is 13.1. The van der Waals surface area contributed by atoms with Crippen LogP contribution in [-0.4, -0.2) is 34.6 Å². The number of nitrogens with zero attached hydrogens (tertiary/aromatic N) is 2. The standard InChI is InChI=1S/C20H17ClN4O2/c21-16-3-1-2-15(12-16)4-5-18-13-20(27-24-18)8-11-25(14-20)19(26)23-17-6-9-22-10-7-17/h1-3,6-7,9-10,12-13,24H,8,11,14H2,(H,22,23,26). The molecule has 136 valence electrons. The van der Waals surface area contributed by atoms with Gasteiger partial charge in [-0.25, -0.2) is 4.79 Å². The summed E-state index contributed by atoms with van der Waals surface area (Å²) in [6, 6.07) is 10.7. The lowest BCUT2D eigenvalue weighted by atomic mass is 10.0. The SMILES string of the molecule is O=C(Nc1ccncc1)N1CCC2(C=C(C#Cc3cccc(Cl)c3)NO2)C1. The van der Waals surface area contributed by atoms with Gasteiger partial charge in [-0.05, 0) is 42.3 Å². The molecule has 1 aromatic heterocycles. The van der Waals surface area contributed by atoms with Gasteiger partial charge >= 0.3 is 6.03 Å². The van der Waals surface area contributed by atoms with Crippen LogP contribution in [0.3, 0.4) is 0 Å². The van der Waals surface area contributed by atoms with Crippen LogP contribution in [0, 0.1) is 11.8 Å². The Morgan fingerprint density at radius 1 is 1.30 bits per heavy atom. The Bertz CT molecular complexity index is 951. The number of pyridine rings is 1. The zero-order valence-electron chi connectivity index (χ0n) is 14.4. The van der Waals surface area contributed by atoms with E-state index in [4.69, 9.17) is 16.4 Å². The van der Waals surface area contributed by atoms with Crippen molar-refractivity contribution in [3.8, 4) is 11.8 Å². The van der Waals surface area contributed by atoms with Crippen molar-refractivity contribution in [1.82, 2.24) is 15.4 Å². The topological polar surface area (TPSA) is 66.5 Å². The molecule has 2 amide bonds. The minimum Gasteiger partial charge on any atom is -0.321 e. The molecule has 0 aliphatic carbocycles. The van der Waals surface area contributed by atoms with E-state index in [1.54, 1.807) is 35.5 Å². The van der Waals surface area contributed by atoms with Gasteiger partial charge in [-0.3, -0.25) is 15.3 Å². The number of nitrogens with one attached hydrogen (secondary N) is 2. The lowest BCUT2D eigenvalue weighted by molar-refractivity contribution is -0.0291. The number of hydrogen-bond acceptors (Lipinski definition) is 4. The Hall–Kier alpha value is -3.01. The summed E-state index contributed by atoms with van der Waals surface area (Å²) in [4.78, 5) is 23.9. The molecule has 2 aromatic rings. The fraction of sp³-hybridized carbons (Fsp3) is 0.200. The zero-order valence-corrected chi connectivity index (χ0v) is 15.2. The van der Waals surface area contributed by atoms with Gasteiger partial charge in [0.2, 0.25) is 0 Å². The van der Waals surface area contributed by atoms with Crippen LogP contribution in [0.1, 0.15) is 12.0 Å². The fourth-order valence-corrected chi connectivity index (χ4v) is 3.25. The van der Waals surface area contributed by atoms with Crippen LogP contribution in [0.2, 0.25) is 5.02 Å². The number of aromatic nitrogens is 1. The number of benzene rings is 1. The number of hydroxylamine groups is 1. The van der Waals surface area contributed by atoms with E-state index in [0.717, 1.165) is 5.56 Å². The monoisotopic (exact) mass is 380 g/mol. The molecule has 27 heavy (non-hydrogen) atoms. The molecule has 3 heterocycles. The molecule has 1 fully saturated rings. The average molecular weight is 381 g/mol. The molecule has 0 saturated carbocycles. The first-order valence-corrected chi connectivity index (χ1v) is 8.90. The molecule has 2 aliphatic heterocycles. The van der Waals surface area contributed by atoms with Crippen LogP contribution in [0.4, 0.5) is 10.5 Å². The first-order valence-electron chi connectivity index (χ1n) is 8.52. The smallest absolute Gasteiger partial charge is 0.321 e. The number of allylic oxidation sites excluding steroid dienone is 1. The maximum atomic E-state index is 12.4. The quantitative estimate of drug-likeness (QED) is 0.746. The average Bonchev–Trinajstić information content (AvgIpc) is 3.28. The van der Waals surface area contributed by atoms with Gasteiger partial charge in [-0.2, -0.15) is 0 Å². The van der Waals surface area contributed by atoms with Gasteiger partial charge in [-0.1, -0.05) is 23.6 Å². The van der Waals surface area contributed by atoms with E-state index in [2.05, 4.69) is 27.6 Å². The largest absolute Gasteiger partial charge is 0.321 e. The third kappa shape index (κ3) is 4.05. The molecule has 4 rings (SSSR count). The van der Waals surface area contributed by atoms with Crippen LogP contribution in [-0.2, 0) is 4.84 Å². The van der Waals surface area contributed by atoms with Crippen molar-refractivity contribution in [3.05, 3.63) is 71.2 Å². The van der Waals surface area contributed by atoms with Gasteiger partial charge in [0.15, 0.2) is 0 Å². The molecule has 2 aliphatic rings. The minimum absolute atomic E-state index is 0.159. The summed E-state index contributed by atoms with van der Waals surface area (Å²) >= 11 is 5.97. The summed E-state index contributed by atoms with van der Waals surface area (Å²) in [6.07, 6.45) is 5.92. The molecule has 1 unspecified atom stereocenters. The second-order valence-corrected chi connectivity index (χ2v) is 6.86. The minimum atomic E-state index is -0.548. The highest BCUT2D eigenvalue weighted by atomic mass is 35.5. The summed E-state index contributed by atoms with van der Waals surface area (Å²) in [5.74, 6) is 6.11. The van der Waals surface area contributed by atoms with Gasteiger partial charge in [-0.15, -0.1) is 0 Å². The lowest BCUT2D eigenvalue weighted by Gasteiger charge is -2.21. The molecule has 1 atom stereocenters. The Balaban J connectivity index is 1.41. The molecule has 7 heteroatoms. The number of likely N-dealkylation sites (tertiary alicyclic amines) is 1. The number of carbonyl (C=O) groups excluding carboxylic acids is 1. The summed E-state index contributed by atoms with van der Waals surface area (Å²) in [5, 5.41) is 3.51. The van der Waals surface area contributed by atoms with Crippen molar-refractivity contribution in [2.45, 2.75) is 12.0 Å². The maximum Gasteiger partial charge on any atom is 0.321 e. The zero-order chi connectivity index (χ0) is 18.7. The number of carbonyl (C=O) groups is 1. The Morgan fingerprint density at radius 2 is 2.15 bits per heavy atom. The van der Waals surface area contributed by atoms with Crippen molar-refractivity contribution < 1.29 is 9.63 Å². The van der Waals surface area contributed by atoms with Crippen LogP contribution in [0.15, 0.2) is 60.6 Å². The van der Waals surface area contributed by atoms with Gasteiger partial charge in [0.1, 0.15) is 11.3 Å². The summed E-state index contributed by atoms with van der Waals surface area (Å²) in [6.45, 7) is 1.06. The van der Waals surface area contributed by atoms with E-state index < -0.39 is 5.60 Å². The van der Waals surface area contributed by atoms with Gasteiger partial charge in [0.05, 0.1) is 6.54 Å². The molecule has 6 nitrogen and oxygen atoms in total. The molecular weight excluding hydrogens is 364 g/mol. The van der Waals surface area contributed by atoms with Crippen molar-refractivity contribution in [3.63, 3.8) is 0 Å². The predicted octanol–water partition coefficient (Wildman–Crippen LogP) is 3.18. The Labute approximate surface area is 162 Å². The second-order valence-electron chi connectivity index (χ2n) is 6.42. The molecular formula is C20H17ClN4O2. The van der Waals surface area contributed by atoms with Crippen LogP contribution in [0.25, 0.3) is 0 Å². The molecule has 2 N–H and O–H groups in total. The number of anilines is 1. The van der Waals surface area contributed by atoms with E-state index in [9.17, 15) is 4.79 Å². The Morgan fingerprint density at radius 3 is 2.96 bits per heavy atom. The highest BCUT2D eigenvalue weighted by Crippen LogP contribution is 2.31. The number of hydrogen-bond donors (Lipinski definition) is 2. The maximum absolute atomic E-state index is 12.4. The van der Waals surface area contributed by atoms with Gasteiger partial charge in [0, 0.05) is 41.6 Å². The fourth-order valence-electron chi connectivity index (χ4n) is 3.06. The molecule has 0 radical (unpaired) electrons. The van der Waals surface area contributed by atoms with E-state index in [1.165, 1.54) is 0 Å². The highest BCUT2D eigenvalue weighted by Gasteiger charge is 2.43. The van der Waals surface area contributed by atoms with Gasteiger partial charge in [0.25, 0.3) is 0 Å². The van der Waals surface area contributed by atoms with Crippen molar-refractivity contribution in [2.24, 2.45) is 0 Å². The van der Waals surface area contributed by atoms with Crippen LogP contribution in [0.5, 0.6) is 0 Å². The molecule has 1 saturated heterocycles. The predicted molar refractivity (Wildman–Crippen MR) is 103 cm³/mol. The molecule has 1 spiro atoms. The van der Waals surface area contributed by atoms with Crippen molar-refractivity contribution in [2.75, 3.05) is 18.4 Å². The van der Waals surface area contributed by atoms with E-state index >= 15 is 0 Å². The first kappa shape index (κ1) is 17.4. The third-order valence-corrected chi connectivity index (χ3v) is 4.66. The number of urea groups is 1. The normalized spacial score (nSPS) is 20.6. The van der Waals surface area contributed by atoms with E-state index in [1.807, 2.05) is 24.3 Å². The van der Waals surface area contributed by atoms with Crippen molar-refractivity contribution in [1.29, 1.82) is 0 Å². The van der Waals surface area contributed by atoms with E-state index in [-0.39, 0.29) is 6.03 Å².